The van der Waals surface area contributed by atoms with Crippen LogP contribution in [0.4, 0.5) is 0 Å². The van der Waals surface area contributed by atoms with E-state index in [0.29, 0.717) is 0 Å². The van der Waals surface area contributed by atoms with Gasteiger partial charge in [0.1, 0.15) is 6.29 Å². The maximum Gasteiger partial charge on any atom is 0.342 e. The van der Waals surface area contributed by atoms with Gasteiger partial charge in [0.15, 0.2) is 0 Å². The summed E-state index contributed by atoms with van der Waals surface area (Å²) in [5.41, 5.74) is 1.81. The molecular weight excluding hydrogens is 161 g/mol. The summed E-state index contributed by atoms with van der Waals surface area (Å²) >= 11 is 0. The summed E-state index contributed by atoms with van der Waals surface area (Å²) in [6.07, 6.45) is -0.660. The molecule has 0 unspecified atom stereocenters. The Morgan fingerprint density at radius 3 is 2.50 bits per heavy atom. The maximum absolute atomic E-state index is 10.1. The number of carbonyl (C=O) groups is 1. The van der Waals surface area contributed by atoms with Gasteiger partial charge in [-0.1, -0.05) is 0 Å². The number of hydrogen-bond donors (Lipinski definition) is 3. The predicted molar refractivity (Wildman–Crippen MR) is 31.8 cm³/mol. The fourth-order valence-electron chi connectivity index (χ4n) is 0.218. The van der Waals surface area contributed by atoms with E-state index in [1.807, 2.05) is 5.48 Å². The van der Waals surface area contributed by atoms with E-state index in [1.165, 1.54) is 0 Å². The van der Waals surface area contributed by atoms with Crippen LogP contribution in [0.2, 0.25) is 0 Å². The van der Waals surface area contributed by atoms with Crippen LogP contribution in [0.3, 0.4) is 0 Å². The van der Waals surface area contributed by atoms with Crippen molar-refractivity contribution in [2.45, 2.75) is 6.92 Å². The average Bonchev–Trinajstić information content (AvgIpc) is 1.59. The van der Waals surface area contributed by atoms with Crippen LogP contribution in [-0.4, -0.2) is 22.0 Å². The van der Waals surface area contributed by atoms with Crippen molar-refractivity contribution in [3.8, 4) is 0 Å². The second kappa shape index (κ2) is 3.68. The molecule has 0 saturated carbocycles. The van der Waals surface area contributed by atoms with E-state index < -0.39 is 19.9 Å². The first kappa shape index (κ1) is 9.58. The SMILES string of the molecule is CC(=O)ONCP(=O)(O)O. The lowest BCUT2D eigenvalue weighted by molar-refractivity contribution is -0.147. The number of hydrogen-bond acceptors (Lipinski definition) is 4. The van der Waals surface area contributed by atoms with Crippen molar-refractivity contribution in [2.24, 2.45) is 0 Å². The van der Waals surface area contributed by atoms with Crippen molar-refractivity contribution in [2.75, 3.05) is 6.29 Å². The fraction of sp³-hybridized carbons (Fsp3) is 0.667. The lowest BCUT2D eigenvalue weighted by Crippen LogP contribution is -2.18. The predicted octanol–water partition coefficient (Wildman–Crippen LogP) is -0.811. The third kappa shape index (κ3) is 7.58. The first-order valence-corrected chi connectivity index (χ1v) is 4.16. The maximum atomic E-state index is 10.1. The summed E-state index contributed by atoms with van der Waals surface area (Å²) in [7, 11) is -4.11. The summed E-state index contributed by atoms with van der Waals surface area (Å²) in [4.78, 5) is 30.4. The largest absolute Gasteiger partial charge is 0.370 e. The van der Waals surface area contributed by atoms with Gasteiger partial charge in [0.05, 0.1) is 0 Å². The first-order chi connectivity index (χ1) is 4.42. The monoisotopic (exact) mass is 169 g/mol. The molecule has 3 N–H and O–H groups in total. The zero-order valence-corrected chi connectivity index (χ0v) is 6.17. The standard InChI is InChI=1S/C3H8NO5P/c1-3(5)9-4-2-10(6,7)8/h4H,2H2,1H3,(H2,6,7,8). The van der Waals surface area contributed by atoms with Crippen LogP contribution in [0.5, 0.6) is 0 Å². The number of hydroxylamine groups is 1. The van der Waals surface area contributed by atoms with Crippen LogP contribution >= 0.6 is 7.60 Å². The molecule has 0 amide bonds. The minimum absolute atomic E-state index is 0.645. The Kier molecular flexibility index (Phi) is 3.52. The van der Waals surface area contributed by atoms with Crippen molar-refractivity contribution in [3.05, 3.63) is 0 Å². The van der Waals surface area contributed by atoms with Crippen molar-refractivity contribution in [1.29, 1.82) is 0 Å². The average molecular weight is 169 g/mol. The summed E-state index contributed by atoms with van der Waals surface area (Å²) in [6.45, 7) is 1.12. The molecule has 0 spiro atoms. The first-order valence-electron chi connectivity index (χ1n) is 2.36. The van der Waals surface area contributed by atoms with Crippen LogP contribution in [0, 0.1) is 0 Å². The molecule has 0 fully saturated rings. The van der Waals surface area contributed by atoms with E-state index in [2.05, 4.69) is 4.84 Å². The van der Waals surface area contributed by atoms with Gasteiger partial charge in [-0.25, -0.2) is 0 Å². The lowest BCUT2D eigenvalue weighted by Gasteiger charge is -2.03. The number of carbonyl (C=O) groups excluding carboxylic acids is 1. The Bertz CT molecular complexity index is 162. The second-order valence-electron chi connectivity index (χ2n) is 1.56. The molecular formula is C3H8NO5P. The molecule has 0 aromatic rings. The van der Waals surface area contributed by atoms with Crippen LogP contribution < -0.4 is 5.48 Å². The Morgan fingerprint density at radius 2 is 2.20 bits per heavy atom. The fourth-order valence-corrected chi connectivity index (χ4v) is 0.451. The minimum atomic E-state index is -4.11. The van der Waals surface area contributed by atoms with Crippen molar-refractivity contribution in [3.63, 3.8) is 0 Å². The van der Waals surface area contributed by atoms with E-state index in [1.54, 1.807) is 0 Å². The molecule has 10 heavy (non-hydrogen) atoms. The van der Waals surface area contributed by atoms with Crippen LogP contribution in [0.1, 0.15) is 6.92 Å². The van der Waals surface area contributed by atoms with E-state index >= 15 is 0 Å². The van der Waals surface area contributed by atoms with Crippen LogP contribution in [0.25, 0.3) is 0 Å². The zero-order chi connectivity index (χ0) is 8.20. The molecule has 0 aliphatic heterocycles. The van der Waals surface area contributed by atoms with Crippen LogP contribution in [-0.2, 0) is 14.2 Å². The van der Waals surface area contributed by atoms with E-state index in [4.69, 9.17) is 9.79 Å². The minimum Gasteiger partial charge on any atom is -0.370 e. The lowest BCUT2D eigenvalue weighted by atomic mass is 10.8. The normalized spacial score (nSPS) is 11.1. The second-order valence-corrected chi connectivity index (χ2v) is 3.21. The molecule has 0 aliphatic rings. The number of rotatable bonds is 3. The molecule has 7 heteroatoms. The highest BCUT2D eigenvalue weighted by Crippen LogP contribution is 2.31. The van der Waals surface area contributed by atoms with Gasteiger partial charge in [0.2, 0.25) is 0 Å². The quantitative estimate of drug-likeness (QED) is 0.377. The summed E-state index contributed by atoms with van der Waals surface area (Å²) in [5.74, 6) is -0.645. The van der Waals surface area contributed by atoms with Crippen LogP contribution in [0.15, 0.2) is 0 Å². The molecule has 0 aromatic heterocycles. The highest BCUT2D eigenvalue weighted by Gasteiger charge is 2.11. The molecule has 0 rings (SSSR count). The Hall–Kier alpha value is -0.420. The van der Waals surface area contributed by atoms with Gasteiger partial charge in [0, 0.05) is 6.92 Å². The Balaban J connectivity index is 3.39. The zero-order valence-electron chi connectivity index (χ0n) is 5.27. The topological polar surface area (TPSA) is 95.9 Å². The van der Waals surface area contributed by atoms with Gasteiger partial charge in [-0.15, -0.1) is 5.48 Å². The molecule has 0 aliphatic carbocycles. The van der Waals surface area contributed by atoms with Gasteiger partial charge in [-0.3, -0.25) is 9.36 Å². The third-order valence-corrected chi connectivity index (χ3v) is 1.03. The smallest absolute Gasteiger partial charge is 0.342 e. The Morgan fingerprint density at radius 1 is 1.70 bits per heavy atom. The van der Waals surface area contributed by atoms with Crippen molar-refractivity contribution < 1.29 is 24.0 Å². The molecule has 0 atom stereocenters. The molecule has 0 bridgehead atoms. The molecule has 0 aromatic carbocycles. The van der Waals surface area contributed by atoms with Gasteiger partial charge in [0.25, 0.3) is 0 Å². The highest BCUT2D eigenvalue weighted by atomic mass is 31.2. The van der Waals surface area contributed by atoms with E-state index in [-0.39, 0.29) is 0 Å². The van der Waals surface area contributed by atoms with Gasteiger partial charge >= 0.3 is 13.6 Å². The summed E-state index contributed by atoms with van der Waals surface area (Å²) in [6, 6.07) is 0. The van der Waals surface area contributed by atoms with Gasteiger partial charge in [-0.05, 0) is 0 Å². The third-order valence-electron chi connectivity index (χ3n) is 0.486. The molecule has 0 radical (unpaired) electrons. The Labute approximate surface area is 57.3 Å². The highest BCUT2D eigenvalue weighted by molar-refractivity contribution is 7.51. The van der Waals surface area contributed by atoms with Gasteiger partial charge in [-0.2, -0.15) is 0 Å². The van der Waals surface area contributed by atoms with E-state index in [9.17, 15) is 9.36 Å². The van der Waals surface area contributed by atoms with E-state index in [0.717, 1.165) is 6.92 Å². The summed E-state index contributed by atoms with van der Waals surface area (Å²) < 4.78 is 10.1. The molecule has 60 valence electrons. The summed E-state index contributed by atoms with van der Waals surface area (Å²) in [5, 5.41) is 0. The van der Waals surface area contributed by atoms with Crippen molar-refractivity contribution >= 4 is 13.6 Å². The van der Waals surface area contributed by atoms with Gasteiger partial charge < -0.3 is 14.6 Å². The molecule has 0 saturated heterocycles. The number of nitrogens with one attached hydrogen (secondary N) is 1. The van der Waals surface area contributed by atoms with Crippen molar-refractivity contribution in [1.82, 2.24) is 5.48 Å². The molecule has 0 heterocycles. The molecule has 6 nitrogen and oxygen atoms in total.